The van der Waals surface area contributed by atoms with E-state index in [9.17, 15) is 0 Å². The highest BCUT2D eigenvalue weighted by Gasteiger charge is 2.19. The van der Waals surface area contributed by atoms with Crippen LogP contribution in [0.5, 0.6) is 0 Å². The maximum atomic E-state index is 8.39. The highest BCUT2D eigenvalue weighted by molar-refractivity contribution is 7.26. The van der Waals surface area contributed by atoms with Crippen LogP contribution in [0, 0.1) is 0 Å². The Morgan fingerprint density at radius 2 is 1.19 bits per heavy atom. The molecule has 1 aromatic heterocycles. The Hall–Kier alpha value is -5.90. The minimum Gasteiger partial charge on any atom is -0.355 e. The van der Waals surface area contributed by atoms with Gasteiger partial charge in [0.25, 0.3) is 0 Å². The molecule has 0 spiro atoms. The second kappa shape index (κ2) is 11.5. The molecule has 9 rings (SSSR count). The Labute approximate surface area is 284 Å². The molecule has 47 heavy (non-hydrogen) atoms. The van der Waals surface area contributed by atoms with Crippen LogP contribution < -0.4 is 10.2 Å². The van der Waals surface area contributed by atoms with Crippen LogP contribution in [0.25, 0.3) is 52.8 Å². The first kappa shape index (κ1) is 22.6. The van der Waals surface area contributed by atoms with Crippen molar-refractivity contribution in [1.29, 1.82) is 0 Å². The Bertz CT molecular complexity index is 2820. The first-order chi connectivity index (χ1) is 25.3. The van der Waals surface area contributed by atoms with Gasteiger partial charge in [0.05, 0.1) is 12.5 Å². The SMILES string of the molecule is [2H]c1c([2H])c([2H])c(Nc2ccc3c(c2)sc2cccc(N(c4ccc5ccccc5c4)c4ccc5cc(-c6ccccc6)ccc5c4)c23)c([2H])c1[2H]. The number of hydrogen-bond acceptors (Lipinski definition) is 3. The van der Waals surface area contributed by atoms with Crippen LogP contribution in [0.4, 0.5) is 28.4 Å². The van der Waals surface area contributed by atoms with Gasteiger partial charge in [0, 0.05) is 42.9 Å². The van der Waals surface area contributed by atoms with Crippen molar-refractivity contribution in [3.05, 3.63) is 176 Å². The molecule has 0 unspecified atom stereocenters. The van der Waals surface area contributed by atoms with Crippen LogP contribution in [0.3, 0.4) is 0 Å². The van der Waals surface area contributed by atoms with Crippen molar-refractivity contribution in [1.82, 2.24) is 0 Å². The molecule has 8 aromatic carbocycles. The van der Waals surface area contributed by atoms with Crippen molar-refractivity contribution < 1.29 is 6.85 Å². The van der Waals surface area contributed by atoms with Gasteiger partial charge in [-0.2, -0.15) is 0 Å². The van der Waals surface area contributed by atoms with Crippen molar-refractivity contribution in [3.8, 4) is 11.1 Å². The zero-order valence-corrected chi connectivity index (χ0v) is 26.0. The summed E-state index contributed by atoms with van der Waals surface area (Å²) < 4.78 is 43.1. The highest BCUT2D eigenvalue weighted by Crippen LogP contribution is 2.46. The summed E-state index contributed by atoms with van der Waals surface area (Å²) in [4.78, 5) is 2.34. The number of benzene rings is 8. The molecule has 1 N–H and O–H groups in total. The molecular weight excluding hydrogens is 589 g/mol. The summed E-state index contributed by atoms with van der Waals surface area (Å²) in [6, 6.07) is 49.4. The first-order valence-electron chi connectivity index (χ1n) is 18.0. The quantitative estimate of drug-likeness (QED) is 0.198. The molecule has 0 radical (unpaired) electrons. The summed E-state index contributed by atoms with van der Waals surface area (Å²) >= 11 is 1.67. The molecule has 2 nitrogen and oxygen atoms in total. The lowest BCUT2D eigenvalue weighted by atomic mass is 10.00. The standard InChI is InChI=1S/C44H30N2S/c1-3-10-30(11-4-1)33-18-19-35-28-39(24-21-34(35)26-33)46(38-23-20-31-12-7-8-13-32(31)27-38)41-16-9-17-42-44(41)40-25-22-37(29-43(40)47-42)45-36-14-5-2-6-15-36/h1-29,45H/i2D,5D,6D,14D,15D. The number of thiophene rings is 1. The molecule has 1 heterocycles. The second-order valence-electron chi connectivity index (χ2n) is 11.6. The third-order valence-corrected chi connectivity index (χ3v) is 9.78. The van der Waals surface area contributed by atoms with Crippen molar-refractivity contribution in [2.45, 2.75) is 0 Å². The van der Waals surface area contributed by atoms with Crippen molar-refractivity contribution in [2.75, 3.05) is 10.2 Å². The number of rotatable bonds is 6. The smallest absolute Gasteiger partial charge is 0.0645 e. The van der Waals surface area contributed by atoms with Gasteiger partial charge in [0.1, 0.15) is 0 Å². The molecule has 0 saturated heterocycles. The molecule has 0 fully saturated rings. The number of para-hydroxylation sites is 1. The molecule has 0 aliphatic carbocycles. The van der Waals surface area contributed by atoms with E-state index in [1.165, 1.54) is 21.9 Å². The van der Waals surface area contributed by atoms with Gasteiger partial charge in [0.2, 0.25) is 0 Å². The maximum Gasteiger partial charge on any atom is 0.0645 e. The van der Waals surface area contributed by atoms with Crippen LogP contribution in [0.1, 0.15) is 6.85 Å². The van der Waals surface area contributed by atoms with E-state index in [1.807, 2.05) is 18.2 Å². The second-order valence-corrected chi connectivity index (χ2v) is 12.7. The molecule has 3 heteroatoms. The van der Waals surface area contributed by atoms with Gasteiger partial charge in [0.15, 0.2) is 0 Å². The molecule has 0 aliphatic rings. The number of fused-ring (bicyclic) bond motifs is 5. The first-order valence-corrected chi connectivity index (χ1v) is 16.3. The molecule has 0 bridgehead atoms. The van der Waals surface area contributed by atoms with Crippen LogP contribution >= 0.6 is 11.3 Å². The summed E-state index contributed by atoms with van der Waals surface area (Å²) in [6.45, 7) is 0. The Balaban J connectivity index is 1.20. The van der Waals surface area contributed by atoms with E-state index in [1.54, 1.807) is 11.3 Å². The predicted octanol–water partition coefficient (Wildman–Crippen LogP) is 13.2. The fourth-order valence-corrected chi connectivity index (χ4v) is 7.62. The van der Waals surface area contributed by atoms with Gasteiger partial charge < -0.3 is 10.2 Å². The van der Waals surface area contributed by atoms with Crippen molar-refractivity contribution >= 4 is 81.5 Å². The molecule has 9 aromatic rings. The van der Waals surface area contributed by atoms with Crippen LogP contribution in [-0.4, -0.2) is 0 Å². The van der Waals surface area contributed by atoms with Gasteiger partial charge >= 0.3 is 0 Å². The largest absolute Gasteiger partial charge is 0.355 e. The molecule has 222 valence electrons. The third-order valence-electron chi connectivity index (χ3n) is 8.67. The lowest BCUT2D eigenvalue weighted by Gasteiger charge is -2.27. The van der Waals surface area contributed by atoms with E-state index >= 15 is 0 Å². The summed E-state index contributed by atoms with van der Waals surface area (Å²) in [5, 5.41) is 9.96. The molecular formula is C44H30N2S. The molecule has 0 saturated carbocycles. The Morgan fingerprint density at radius 3 is 2.02 bits per heavy atom. The predicted molar refractivity (Wildman–Crippen MR) is 204 cm³/mol. The van der Waals surface area contributed by atoms with Gasteiger partial charge in [-0.25, -0.2) is 0 Å². The lowest BCUT2D eigenvalue weighted by molar-refractivity contribution is 1.31. The topological polar surface area (TPSA) is 15.3 Å². The van der Waals surface area contributed by atoms with E-state index in [2.05, 4.69) is 138 Å². The fourth-order valence-electron chi connectivity index (χ4n) is 6.45. The Kier molecular flexibility index (Phi) is 5.51. The van der Waals surface area contributed by atoms with Crippen LogP contribution in [0.15, 0.2) is 176 Å². The van der Waals surface area contributed by atoms with Crippen LogP contribution in [-0.2, 0) is 0 Å². The zero-order valence-electron chi connectivity index (χ0n) is 30.2. The summed E-state index contributed by atoms with van der Waals surface area (Å²) in [5.41, 5.74) is 6.21. The van der Waals surface area contributed by atoms with Gasteiger partial charge in [-0.15, -0.1) is 11.3 Å². The maximum absolute atomic E-state index is 8.39. The van der Waals surface area contributed by atoms with Gasteiger partial charge in [-0.3, -0.25) is 0 Å². The number of nitrogens with one attached hydrogen (secondary N) is 1. The van der Waals surface area contributed by atoms with E-state index in [0.717, 1.165) is 48.0 Å². The number of hydrogen-bond donors (Lipinski definition) is 1. The van der Waals surface area contributed by atoms with Crippen LogP contribution in [0.2, 0.25) is 0 Å². The van der Waals surface area contributed by atoms with E-state index in [4.69, 9.17) is 6.85 Å². The van der Waals surface area contributed by atoms with E-state index in [-0.39, 0.29) is 29.9 Å². The van der Waals surface area contributed by atoms with E-state index in [0.29, 0.717) is 5.69 Å². The van der Waals surface area contributed by atoms with Gasteiger partial charge in [-0.1, -0.05) is 109 Å². The minimum atomic E-state index is -0.410. The fraction of sp³-hybridized carbons (Fsp3) is 0. The summed E-state index contributed by atoms with van der Waals surface area (Å²) in [5.74, 6) is 0. The summed E-state index contributed by atoms with van der Waals surface area (Å²) in [6.07, 6.45) is 0. The molecule has 0 atom stereocenters. The number of nitrogens with zero attached hydrogens (tertiary/aromatic N) is 1. The lowest BCUT2D eigenvalue weighted by Crippen LogP contribution is -2.10. The monoisotopic (exact) mass is 623 g/mol. The minimum absolute atomic E-state index is 0.0572. The third kappa shape index (κ3) is 5.07. The van der Waals surface area contributed by atoms with E-state index < -0.39 is 6.04 Å². The van der Waals surface area contributed by atoms with Crippen molar-refractivity contribution in [2.24, 2.45) is 0 Å². The normalized spacial score (nSPS) is 12.9. The summed E-state index contributed by atoms with van der Waals surface area (Å²) in [7, 11) is 0. The zero-order chi connectivity index (χ0) is 35.5. The van der Waals surface area contributed by atoms with Gasteiger partial charge in [-0.05, 0) is 99.4 Å². The molecule has 0 amide bonds. The number of anilines is 5. The van der Waals surface area contributed by atoms with Crippen molar-refractivity contribution in [3.63, 3.8) is 0 Å². The average Bonchev–Trinajstić information content (AvgIpc) is 3.57. The highest BCUT2D eigenvalue weighted by atomic mass is 32.1. The average molecular weight is 624 g/mol. The molecule has 0 aliphatic heterocycles. The Morgan fingerprint density at radius 1 is 0.489 bits per heavy atom.